The van der Waals surface area contributed by atoms with Gasteiger partial charge in [-0.3, -0.25) is 9.78 Å². The Morgan fingerprint density at radius 3 is 2.36 bits per heavy atom. The number of carbonyl (C=O) groups is 1. The third-order valence-electron chi connectivity index (χ3n) is 4.74. The molecule has 7 heteroatoms. The summed E-state index contributed by atoms with van der Waals surface area (Å²) in [4.78, 5) is 29.7. The number of aromatic nitrogens is 3. The van der Waals surface area contributed by atoms with E-state index in [1.54, 1.807) is 12.4 Å². The van der Waals surface area contributed by atoms with Crippen LogP contribution in [0.4, 0.5) is 11.5 Å². The topological polar surface area (TPSA) is 74.2 Å². The highest BCUT2D eigenvalue weighted by molar-refractivity contribution is 5.92. The molecule has 0 unspecified atom stereocenters. The van der Waals surface area contributed by atoms with Crippen molar-refractivity contribution in [3.8, 4) is 0 Å². The van der Waals surface area contributed by atoms with E-state index in [1.165, 1.54) is 11.9 Å². The fraction of sp³-hybridized carbons (Fsp3) is 0.238. The standard InChI is InChI=1S/C21H22N6O/c28-21(27-12-10-26(11-13-27)18-7-2-1-3-8-18)19-15-25-20(16-23-19)24-14-17-6-4-5-9-22-17/h1-9,15-16H,10-14H2,(H,24,25). The maximum atomic E-state index is 12.7. The summed E-state index contributed by atoms with van der Waals surface area (Å²) in [6.07, 6.45) is 4.88. The molecule has 1 fully saturated rings. The monoisotopic (exact) mass is 374 g/mol. The van der Waals surface area contributed by atoms with Crippen molar-refractivity contribution in [2.24, 2.45) is 0 Å². The van der Waals surface area contributed by atoms with Crippen molar-refractivity contribution < 1.29 is 4.79 Å². The molecule has 142 valence electrons. The molecule has 1 amide bonds. The molecule has 0 atom stereocenters. The molecule has 0 aliphatic carbocycles. The van der Waals surface area contributed by atoms with Crippen LogP contribution in [0.3, 0.4) is 0 Å². The SMILES string of the molecule is O=C(c1cnc(NCc2ccccn2)cn1)N1CCN(c2ccccc2)CC1. The zero-order chi connectivity index (χ0) is 19.2. The van der Waals surface area contributed by atoms with Crippen LogP contribution in [0.25, 0.3) is 0 Å². The summed E-state index contributed by atoms with van der Waals surface area (Å²) in [5.74, 6) is 0.549. The molecule has 2 aromatic heterocycles. The highest BCUT2D eigenvalue weighted by Gasteiger charge is 2.23. The second-order valence-corrected chi connectivity index (χ2v) is 6.58. The Morgan fingerprint density at radius 1 is 0.893 bits per heavy atom. The second-order valence-electron chi connectivity index (χ2n) is 6.58. The van der Waals surface area contributed by atoms with Gasteiger partial charge in [-0.1, -0.05) is 24.3 Å². The average molecular weight is 374 g/mol. The van der Waals surface area contributed by atoms with Crippen LogP contribution >= 0.6 is 0 Å². The summed E-state index contributed by atoms with van der Waals surface area (Å²) >= 11 is 0. The summed E-state index contributed by atoms with van der Waals surface area (Å²) in [6.45, 7) is 3.54. The van der Waals surface area contributed by atoms with Crippen molar-refractivity contribution in [2.75, 3.05) is 36.4 Å². The number of nitrogens with zero attached hydrogens (tertiary/aromatic N) is 5. The summed E-state index contributed by atoms with van der Waals surface area (Å²) in [6, 6.07) is 16.0. The second kappa shape index (κ2) is 8.47. The van der Waals surface area contributed by atoms with Crippen LogP contribution in [0, 0.1) is 0 Å². The predicted octanol–water partition coefficient (Wildman–Crippen LogP) is 2.45. The van der Waals surface area contributed by atoms with Gasteiger partial charge >= 0.3 is 0 Å². The van der Waals surface area contributed by atoms with Gasteiger partial charge in [0.1, 0.15) is 11.5 Å². The highest BCUT2D eigenvalue weighted by Crippen LogP contribution is 2.16. The number of para-hydroxylation sites is 1. The molecule has 4 rings (SSSR count). The molecule has 0 saturated carbocycles. The van der Waals surface area contributed by atoms with Crippen molar-refractivity contribution in [3.05, 3.63) is 78.5 Å². The number of hydrogen-bond donors (Lipinski definition) is 1. The minimum absolute atomic E-state index is 0.0727. The van der Waals surface area contributed by atoms with Crippen LogP contribution in [0.15, 0.2) is 67.1 Å². The van der Waals surface area contributed by atoms with E-state index in [2.05, 4.69) is 37.3 Å². The Balaban J connectivity index is 1.31. The van der Waals surface area contributed by atoms with Crippen molar-refractivity contribution >= 4 is 17.4 Å². The van der Waals surface area contributed by atoms with Crippen molar-refractivity contribution in [2.45, 2.75) is 6.54 Å². The van der Waals surface area contributed by atoms with Gasteiger partial charge in [0.05, 0.1) is 24.6 Å². The van der Waals surface area contributed by atoms with Crippen LogP contribution in [-0.2, 0) is 6.54 Å². The Labute approximate surface area is 164 Å². The van der Waals surface area contributed by atoms with Gasteiger partial charge in [0.2, 0.25) is 0 Å². The summed E-state index contributed by atoms with van der Waals surface area (Å²) in [5, 5.41) is 3.16. The van der Waals surface area contributed by atoms with E-state index >= 15 is 0 Å². The number of piperazine rings is 1. The average Bonchev–Trinajstić information content (AvgIpc) is 2.79. The summed E-state index contributed by atoms with van der Waals surface area (Å²) in [5.41, 5.74) is 2.48. The van der Waals surface area contributed by atoms with Gasteiger partial charge < -0.3 is 15.1 Å². The Morgan fingerprint density at radius 2 is 1.68 bits per heavy atom. The van der Waals surface area contributed by atoms with E-state index in [-0.39, 0.29) is 5.91 Å². The van der Waals surface area contributed by atoms with E-state index in [0.29, 0.717) is 31.1 Å². The third-order valence-corrected chi connectivity index (χ3v) is 4.74. The first-order chi connectivity index (χ1) is 13.8. The number of amides is 1. The zero-order valence-electron chi connectivity index (χ0n) is 15.5. The normalized spacial score (nSPS) is 14.0. The molecule has 0 radical (unpaired) electrons. The molecule has 3 heterocycles. The molecule has 1 saturated heterocycles. The molecule has 0 spiro atoms. The Kier molecular flexibility index (Phi) is 5.42. The van der Waals surface area contributed by atoms with Crippen LogP contribution < -0.4 is 10.2 Å². The van der Waals surface area contributed by atoms with Crippen molar-refractivity contribution in [3.63, 3.8) is 0 Å². The third kappa shape index (κ3) is 4.25. The van der Waals surface area contributed by atoms with Gasteiger partial charge in [-0.15, -0.1) is 0 Å². The number of nitrogens with one attached hydrogen (secondary N) is 1. The maximum absolute atomic E-state index is 12.7. The smallest absolute Gasteiger partial charge is 0.274 e. The lowest BCUT2D eigenvalue weighted by Gasteiger charge is -2.35. The molecule has 1 aliphatic heterocycles. The predicted molar refractivity (Wildman–Crippen MR) is 108 cm³/mol. The number of carbonyl (C=O) groups excluding carboxylic acids is 1. The van der Waals surface area contributed by atoms with Crippen LogP contribution in [-0.4, -0.2) is 51.9 Å². The molecular formula is C21H22N6O. The van der Waals surface area contributed by atoms with E-state index in [9.17, 15) is 4.79 Å². The van der Waals surface area contributed by atoms with E-state index in [1.807, 2.05) is 41.3 Å². The number of rotatable bonds is 5. The first-order valence-electron chi connectivity index (χ1n) is 9.35. The first-order valence-corrected chi connectivity index (χ1v) is 9.35. The Bertz CT molecular complexity index is 893. The molecule has 1 aromatic carbocycles. The van der Waals surface area contributed by atoms with E-state index in [4.69, 9.17) is 0 Å². The van der Waals surface area contributed by atoms with Gasteiger partial charge in [0, 0.05) is 38.1 Å². The largest absolute Gasteiger partial charge is 0.368 e. The quantitative estimate of drug-likeness (QED) is 0.739. The molecule has 28 heavy (non-hydrogen) atoms. The van der Waals surface area contributed by atoms with Crippen LogP contribution in [0.1, 0.15) is 16.2 Å². The summed E-state index contributed by atoms with van der Waals surface area (Å²) in [7, 11) is 0. The minimum Gasteiger partial charge on any atom is -0.368 e. The van der Waals surface area contributed by atoms with Crippen molar-refractivity contribution in [1.29, 1.82) is 0 Å². The lowest BCUT2D eigenvalue weighted by atomic mass is 10.2. The first kappa shape index (κ1) is 17.9. The van der Waals surface area contributed by atoms with Crippen molar-refractivity contribution in [1.82, 2.24) is 19.9 Å². The van der Waals surface area contributed by atoms with Gasteiger partial charge in [0.25, 0.3) is 5.91 Å². The fourth-order valence-electron chi connectivity index (χ4n) is 3.18. The van der Waals surface area contributed by atoms with Crippen LogP contribution in [0.2, 0.25) is 0 Å². The molecule has 3 aromatic rings. The highest BCUT2D eigenvalue weighted by atomic mass is 16.2. The van der Waals surface area contributed by atoms with E-state index in [0.717, 1.165) is 18.8 Å². The maximum Gasteiger partial charge on any atom is 0.274 e. The van der Waals surface area contributed by atoms with Gasteiger partial charge in [-0.2, -0.15) is 0 Å². The Hall–Kier alpha value is -3.48. The van der Waals surface area contributed by atoms with Gasteiger partial charge in [0.15, 0.2) is 0 Å². The lowest BCUT2D eigenvalue weighted by molar-refractivity contribution is 0.0740. The number of anilines is 2. The molecule has 0 bridgehead atoms. The number of hydrogen-bond acceptors (Lipinski definition) is 6. The molecule has 1 aliphatic rings. The zero-order valence-corrected chi connectivity index (χ0v) is 15.5. The van der Waals surface area contributed by atoms with Crippen LogP contribution in [0.5, 0.6) is 0 Å². The number of benzene rings is 1. The van der Waals surface area contributed by atoms with E-state index < -0.39 is 0 Å². The minimum atomic E-state index is -0.0727. The molecule has 7 nitrogen and oxygen atoms in total. The lowest BCUT2D eigenvalue weighted by Crippen LogP contribution is -2.49. The fourth-order valence-corrected chi connectivity index (χ4v) is 3.18. The van der Waals surface area contributed by atoms with Gasteiger partial charge in [-0.05, 0) is 24.3 Å². The summed E-state index contributed by atoms with van der Waals surface area (Å²) < 4.78 is 0. The molecule has 1 N–H and O–H groups in total. The van der Waals surface area contributed by atoms with Gasteiger partial charge in [-0.25, -0.2) is 9.97 Å². The number of pyridine rings is 1. The molecular weight excluding hydrogens is 352 g/mol.